The molecule has 7 heteroatoms. The number of hydrogen-bond acceptors (Lipinski definition) is 6. The van der Waals surface area contributed by atoms with Crippen molar-refractivity contribution in [2.24, 2.45) is 5.10 Å². The topological polar surface area (TPSA) is 97.2 Å². The van der Waals surface area contributed by atoms with E-state index in [0.29, 0.717) is 29.2 Å². The number of nitrogens with one attached hydrogen (secondary N) is 1. The van der Waals surface area contributed by atoms with Gasteiger partial charge in [-0.25, -0.2) is 10.2 Å². The lowest BCUT2D eigenvalue weighted by molar-refractivity contribution is 0.0734. The molecule has 0 aliphatic rings. The van der Waals surface area contributed by atoms with Crippen molar-refractivity contribution < 1.29 is 24.2 Å². The second kappa shape index (κ2) is 9.88. The van der Waals surface area contributed by atoms with Gasteiger partial charge in [0.2, 0.25) is 0 Å². The average Bonchev–Trinajstić information content (AvgIpc) is 2.76. The Balaban J connectivity index is 1.55. The maximum Gasteiger partial charge on any atom is 0.343 e. The van der Waals surface area contributed by atoms with Crippen molar-refractivity contribution in [2.45, 2.75) is 6.92 Å². The molecular weight excluding hydrogens is 384 g/mol. The molecule has 2 N–H and O–H groups in total. The number of benzene rings is 3. The van der Waals surface area contributed by atoms with Gasteiger partial charge in [0.05, 0.1) is 23.9 Å². The number of amides is 1. The van der Waals surface area contributed by atoms with E-state index in [1.807, 2.05) is 6.92 Å². The third-order valence-electron chi connectivity index (χ3n) is 4.02. The van der Waals surface area contributed by atoms with Crippen LogP contribution in [0.2, 0.25) is 0 Å². The summed E-state index contributed by atoms with van der Waals surface area (Å²) in [6.45, 7) is 2.44. The van der Waals surface area contributed by atoms with Crippen LogP contribution in [0.3, 0.4) is 0 Å². The molecule has 1 amide bonds. The average molecular weight is 404 g/mol. The standard InChI is InChI=1S/C23H20N2O5/c1-2-29-18-13-9-17(10-14-18)23(28)30-19-11-7-16(8-12-19)15-24-25-22(27)20-5-3-4-6-21(20)26/h3-15,26H,2H2,1H3,(H,25,27)/b24-15+. The predicted molar refractivity (Wildman–Crippen MR) is 112 cm³/mol. The molecule has 3 aromatic rings. The van der Waals surface area contributed by atoms with Crippen molar-refractivity contribution in [1.82, 2.24) is 5.43 Å². The number of carbonyl (C=O) groups excluding carboxylic acids is 2. The molecule has 30 heavy (non-hydrogen) atoms. The molecule has 0 radical (unpaired) electrons. The third kappa shape index (κ3) is 5.45. The molecule has 0 atom stereocenters. The van der Waals surface area contributed by atoms with E-state index in [9.17, 15) is 14.7 Å². The first-order chi connectivity index (χ1) is 14.6. The Kier molecular flexibility index (Phi) is 6.78. The number of para-hydroxylation sites is 1. The molecule has 0 spiro atoms. The number of ether oxygens (including phenoxy) is 2. The second-order valence-corrected chi connectivity index (χ2v) is 6.13. The van der Waals surface area contributed by atoms with Crippen LogP contribution in [0.5, 0.6) is 17.2 Å². The van der Waals surface area contributed by atoms with Crippen LogP contribution in [0.4, 0.5) is 0 Å². The number of hydrogen-bond donors (Lipinski definition) is 2. The van der Waals surface area contributed by atoms with Crippen LogP contribution in [0, 0.1) is 0 Å². The van der Waals surface area contributed by atoms with E-state index in [2.05, 4.69) is 10.5 Å². The number of phenolic OH excluding ortho intramolecular Hbond substituents is 1. The number of rotatable bonds is 7. The number of hydrazone groups is 1. The highest BCUT2D eigenvalue weighted by Crippen LogP contribution is 2.17. The molecule has 152 valence electrons. The van der Waals surface area contributed by atoms with Gasteiger partial charge in [0.25, 0.3) is 5.91 Å². The molecule has 3 rings (SSSR count). The van der Waals surface area contributed by atoms with E-state index in [1.165, 1.54) is 18.3 Å². The molecule has 0 aliphatic heterocycles. The smallest absolute Gasteiger partial charge is 0.343 e. The third-order valence-corrected chi connectivity index (χ3v) is 4.02. The number of nitrogens with zero attached hydrogens (tertiary/aromatic N) is 1. The van der Waals surface area contributed by atoms with Crippen molar-refractivity contribution in [3.05, 3.63) is 89.5 Å². The molecule has 0 fully saturated rings. The van der Waals surface area contributed by atoms with Crippen molar-refractivity contribution in [3.63, 3.8) is 0 Å². The Morgan fingerprint density at radius 1 is 0.967 bits per heavy atom. The Hall–Kier alpha value is -4.13. The minimum Gasteiger partial charge on any atom is -0.507 e. The van der Waals surface area contributed by atoms with Gasteiger partial charge in [0.1, 0.15) is 17.2 Å². The lowest BCUT2D eigenvalue weighted by Gasteiger charge is -2.06. The zero-order valence-electron chi connectivity index (χ0n) is 16.2. The molecule has 0 aliphatic carbocycles. The van der Waals surface area contributed by atoms with Crippen LogP contribution in [0.25, 0.3) is 0 Å². The molecule has 0 aromatic heterocycles. The fourth-order valence-electron chi connectivity index (χ4n) is 2.53. The van der Waals surface area contributed by atoms with Gasteiger partial charge in [-0.3, -0.25) is 4.79 Å². The lowest BCUT2D eigenvalue weighted by atomic mass is 10.2. The number of aromatic hydroxyl groups is 1. The first-order valence-corrected chi connectivity index (χ1v) is 9.23. The quantitative estimate of drug-likeness (QED) is 0.270. The number of phenols is 1. The lowest BCUT2D eigenvalue weighted by Crippen LogP contribution is -2.17. The molecule has 0 saturated carbocycles. The second-order valence-electron chi connectivity index (χ2n) is 6.13. The van der Waals surface area contributed by atoms with E-state index >= 15 is 0 Å². The summed E-state index contributed by atoms with van der Waals surface area (Å²) in [6.07, 6.45) is 1.44. The highest BCUT2D eigenvalue weighted by atomic mass is 16.5. The van der Waals surface area contributed by atoms with Gasteiger partial charge in [-0.15, -0.1) is 0 Å². The molecule has 0 bridgehead atoms. The van der Waals surface area contributed by atoms with E-state index in [1.54, 1.807) is 60.7 Å². The van der Waals surface area contributed by atoms with Crippen LogP contribution in [0.1, 0.15) is 33.2 Å². The Labute approximate surface area is 173 Å². The van der Waals surface area contributed by atoms with Crippen LogP contribution in [0.15, 0.2) is 77.9 Å². The molecule has 0 unspecified atom stereocenters. The van der Waals surface area contributed by atoms with Crippen LogP contribution < -0.4 is 14.9 Å². The summed E-state index contributed by atoms with van der Waals surface area (Å²) in [5.74, 6) is -0.0555. The maximum atomic E-state index is 12.2. The van der Waals surface area contributed by atoms with E-state index in [-0.39, 0.29) is 11.3 Å². The molecule has 0 heterocycles. The van der Waals surface area contributed by atoms with Crippen LogP contribution in [-0.2, 0) is 0 Å². The Morgan fingerprint density at radius 3 is 2.30 bits per heavy atom. The van der Waals surface area contributed by atoms with Gasteiger partial charge in [0, 0.05) is 0 Å². The van der Waals surface area contributed by atoms with Gasteiger partial charge in [-0.1, -0.05) is 12.1 Å². The molecule has 3 aromatic carbocycles. The minimum atomic E-state index is -0.523. The first kappa shape index (κ1) is 20.6. The summed E-state index contributed by atoms with van der Waals surface area (Å²) >= 11 is 0. The summed E-state index contributed by atoms with van der Waals surface area (Å²) in [4.78, 5) is 24.2. The monoisotopic (exact) mass is 404 g/mol. The Morgan fingerprint density at radius 2 is 1.63 bits per heavy atom. The van der Waals surface area contributed by atoms with E-state index in [0.717, 1.165) is 0 Å². The predicted octanol–water partition coefficient (Wildman–Crippen LogP) is 3.77. The fourth-order valence-corrected chi connectivity index (χ4v) is 2.53. The highest BCUT2D eigenvalue weighted by Gasteiger charge is 2.10. The van der Waals surface area contributed by atoms with E-state index < -0.39 is 11.9 Å². The zero-order valence-corrected chi connectivity index (χ0v) is 16.2. The van der Waals surface area contributed by atoms with Gasteiger partial charge in [0.15, 0.2) is 0 Å². The van der Waals surface area contributed by atoms with Crippen LogP contribution in [-0.4, -0.2) is 29.8 Å². The zero-order chi connectivity index (χ0) is 21.3. The van der Waals surface area contributed by atoms with Gasteiger partial charge in [-0.2, -0.15) is 5.10 Å². The van der Waals surface area contributed by atoms with Gasteiger partial charge >= 0.3 is 5.97 Å². The summed E-state index contributed by atoms with van der Waals surface area (Å²) in [5.41, 5.74) is 3.58. The first-order valence-electron chi connectivity index (χ1n) is 9.23. The van der Waals surface area contributed by atoms with Crippen molar-refractivity contribution in [3.8, 4) is 17.2 Å². The largest absolute Gasteiger partial charge is 0.507 e. The maximum absolute atomic E-state index is 12.2. The number of carbonyl (C=O) groups is 2. The molecule has 0 saturated heterocycles. The summed E-state index contributed by atoms with van der Waals surface area (Å²) in [7, 11) is 0. The molecule has 7 nitrogen and oxygen atoms in total. The normalized spacial score (nSPS) is 10.6. The molecular formula is C23H20N2O5. The van der Waals surface area contributed by atoms with E-state index in [4.69, 9.17) is 9.47 Å². The fraction of sp³-hybridized carbons (Fsp3) is 0.0870. The summed E-state index contributed by atoms with van der Waals surface area (Å²) in [5, 5.41) is 13.5. The van der Waals surface area contributed by atoms with Crippen LogP contribution >= 0.6 is 0 Å². The highest BCUT2D eigenvalue weighted by molar-refractivity contribution is 5.97. The van der Waals surface area contributed by atoms with Gasteiger partial charge in [-0.05, 0) is 73.2 Å². The van der Waals surface area contributed by atoms with Crippen molar-refractivity contribution >= 4 is 18.1 Å². The Bertz CT molecular complexity index is 1040. The van der Waals surface area contributed by atoms with Crippen molar-refractivity contribution in [1.29, 1.82) is 0 Å². The SMILES string of the molecule is CCOc1ccc(C(=O)Oc2ccc(/C=N/NC(=O)c3ccccc3O)cc2)cc1. The summed E-state index contributed by atoms with van der Waals surface area (Å²) in [6, 6.07) is 19.5. The van der Waals surface area contributed by atoms with Crippen molar-refractivity contribution in [2.75, 3.05) is 6.61 Å². The van der Waals surface area contributed by atoms with Gasteiger partial charge < -0.3 is 14.6 Å². The minimum absolute atomic E-state index is 0.121. The summed E-state index contributed by atoms with van der Waals surface area (Å²) < 4.78 is 10.7. The number of esters is 1.